The molecule has 2 atom stereocenters. The number of likely N-dealkylation sites (tertiary alicyclic amines) is 1. The first-order valence-electron chi connectivity index (χ1n) is 6.17. The molecule has 0 aromatic heterocycles. The van der Waals surface area contributed by atoms with Gasteiger partial charge in [-0.05, 0) is 38.8 Å². The van der Waals surface area contributed by atoms with Crippen LogP contribution in [0.25, 0.3) is 0 Å². The van der Waals surface area contributed by atoms with Gasteiger partial charge >= 0.3 is 0 Å². The third kappa shape index (κ3) is 2.07. The predicted molar refractivity (Wildman–Crippen MR) is 68.4 cm³/mol. The number of amides is 1. The Hall–Kier alpha value is -1.35. The average molecular weight is 232 g/mol. The lowest BCUT2D eigenvalue weighted by Gasteiger charge is -2.37. The standard InChI is InChI=1S/C14H20N2O/c1-11(12-7-4-3-5-8-12)16-10-6-9-14(16,2)13(15)17/h3-5,7-8,11H,6,9-10H2,1-2H3,(H2,15,17)/t11-,14+/m0/s1. The minimum absolute atomic E-state index is 0.210. The number of nitrogens with zero attached hydrogens (tertiary/aromatic N) is 1. The molecule has 0 spiro atoms. The van der Waals surface area contributed by atoms with Gasteiger partial charge in [-0.3, -0.25) is 9.69 Å². The van der Waals surface area contributed by atoms with E-state index in [1.54, 1.807) is 0 Å². The van der Waals surface area contributed by atoms with Gasteiger partial charge in [0.1, 0.15) is 0 Å². The number of benzene rings is 1. The van der Waals surface area contributed by atoms with E-state index in [9.17, 15) is 4.79 Å². The van der Waals surface area contributed by atoms with Gasteiger partial charge in [-0.2, -0.15) is 0 Å². The lowest BCUT2D eigenvalue weighted by molar-refractivity contribution is -0.128. The van der Waals surface area contributed by atoms with E-state index in [0.717, 1.165) is 19.4 Å². The Labute approximate surface area is 103 Å². The number of hydrogen-bond donors (Lipinski definition) is 1. The van der Waals surface area contributed by atoms with Gasteiger partial charge in [0.25, 0.3) is 0 Å². The maximum absolute atomic E-state index is 11.7. The quantitative estimate of drug-likeness (QED) is 0.867. The lowest BCUT2D eigenvalue weighted by atomic mass is 9.95. The molecule has 92 valence electrons. The van der Waals surface area contributed by atoms with Gasteiger partial charge in [0.05, 0.1) is 5.54 Å². The molecule has 1 heterocycles. The molecule has 2 rings (SSSR count). The summed E-state index contributed by atoms with van der Waals surface area (Å²) in [5, 5.41) is 0. The summed E-state index contributed by atoms with van der Waals surface area (Å²) in [6.45, 7) is 5.04. The molecule has 1 aromatic carbocycles. The van der Waals surface area contributed by atoms with Gasteiger partial charge in [0.2, 0.25) is 5.91 Å². The van der Waals surface area contributed by atoms with Crippen molar-refractivity contribution in [3.05, 3.63) is 35.9 Å². The fraction of sp³-hybridized carbons (Fsp3) is 0.500. The smallest absolute Gasteiger partial charge is 0.237 e. The molecule has 1 saturated heterocycles. The monoisotopic (exact) mass is 232 g/mol. The zero-order valence-corrected chi connectivity index (χ0v) is 10.5. The Morgan fingerprint density at radius 3 is 2.65 bits per heavy atom. The second-order valence-corrected chi connectivity index (χ2v) is 5.02. The Kier molecular flexibility index (Phi) is 3.20. The van der Waals surface area contributed by atoms with Gasteiger partial charge in [0.15, 0.2) is 0 Å². The molecular weight excluding hydrogens is 212 g/mol. The summed E-state index contributed by atoms with van der Waals surface area (Å²) in [6.07, 6.45) is 1.90. The summed E-state index contributed by atoms with van der Waals surface area (Å²) < 4.78 is 0. The first-order valence-corrected chi connectivity index (χ1v) is 6.17. The number of rotatable bonds is 3. The summed E-state index contributed by atoms with van der Waals surface area (Å²) in [4.78, 5) is 13.9. The SMILES string of the molecule is C[C@@H](c1ccccc1)N1CCC[C@]1(C)C(N)=O. The molecule has 3 nitrogen and oxygen atoms in total. The van der Waals surface area contributed by atoms with Crippen LogP contribution in [-0.2, 0) is 4.79 Å². The van der Waals surface area contributed by atoms with Crippen LogP contribution >= 0.6 is 0 Å². The van der Waals surface area contributed by atoms with E-state index in [4.69, 9.17) is 5.73 Å². The van der Waals surface area contributed by atoms with Crippen LogP contribution in [0.15, 0.2) is 30.3 Å². The van der Waals surface area contributed by atoms with Crippen molar-refractivity contribution in [2.45, 2.75) is 38.3 Å². The Morgan fingerprint density at radius 1 is 1.41 bits per heavy atom. The van der Waals surface area contributed by atoms with Crippen molar-refractivity contribution >= 4 is 5.91 Å². The van der Waals surface area contributed by atoms with Crippen molar-refractivity contribution in [2.24, 2.45) is 5.73 Å². The van der Waals surface area contributed by atoms with Crippen LogP contribution < -0.4 is 5.73 Å². The van der Waals surface area contributed by atoms with Crippen LogP contribution in [0.2, 0.25) is 0 Å². The van der Waals surface area contributed by atoms with E-state index >= 15 is 0 Å². The summed E-state index contributed by atoms with van der Waals surface area (Å²) in [5.74, 6) is -0.210. The van der Waals surface area contributed by atoms with E-state index in [-0.39, 0.29) is 11.9 Å². The highest BCUT2D eigenvalue weighted by molar-refractivity contribution is 5.84. The fourth-order valence-electron chi connectivity index (χ4n) is 2.78. The van der Waals surface area contributed by atoms with Crippen LogP contribution in [0, 0.1) is 0 Å². The molecule has 0 saturated carbocycles. The van der Waals surface area contributed by atoms with Gasteiger partial charge in [-0.25, -0.2) is 0 Å². The molecule has 1 aromatic rings. The van der Waals surface area contributed by atoms with E-state index in [2.05, 4.69) is 24.0 Å². The normalized spacial score (nSPS) is 26.9. The molecule has 0 aliphatic carbocycles. The second-order valence-electron chi connectivity index (χ2n) is 5.02. The van der Waals surface area contributed by atoms with Crippen molar-refractivity contribution in [3.63, 3.8) is 0 Å². The van der Waals surface area contributed by atoms with E-state index in [1.807, 2.05) is 25.1 Å². The Bertz CT molecular complexity index is 404. The van der Waals surface area contributed by atoms with Gasteiger partial charge in [-0.15, -0.1) is 0 Å². The van der Waals surface area contributed by atoms with Crippen molar-refractivity contribution in [1.82, 2.24) is 4.90 Å². The Morgan fingerprint density at radius 2 is 2.06 bits per heavy atom. The van der Waals surface area contributed by atoms with Crippen molar-refractivity contribution in [1.29, 1.82) is 0 Å². The van der Waals surface area contributed by atoms with Crippen LogP contribution in [0.5, 0.6) is 0 Å². The van der Waals surface area contributed by atoms with Gasteiger partial charge < -0.3 is 5.73 Å². The number of hydrogen-bond acceptors (Lipinski definition) is 2. The van der Waals surface area contributed by atoms with Crippen LogP contribution in [0.1, 0.15) is 38.3 Å². The summed E-state index contributed by atoms with van der Waals surface area (Å²) in [7, 11) is 0. The highest BCUT2D eigenvalue weighted by atomic mass is 16.1. The summed E-state index contributed by atoms with van der Waals surface area (Å²) in [5.41, 5.74) is 6.30. The number of primary amides is 1. The molecule has 0 bridgehead atoms. The van der Waals surface area contributed by atoms with Gasteiger partial charge in [0, 0.05) is 6.04 Å². The minimum Gasteiger partial charge on any atom is -0.368 e. The molecule has 17 heavy (non-hydrogen) atoms. The van der Waals surface area contributed by atoms with Crippen molar-refractivity contribution < 1.29 is 4.79 Å². The molecule has 3 heteroatoms. The highest BCUT2D eigenvalue weighted by Gasteiger charge is 2.43. The predicted octanol–water partition coefficient (Wildman–Crippen LogP) is 2.09. The van der Waals surface area contributed by atoms with E-state index in [0.29, 0.717) is 0 Å². The molecule has 1 aliphatic heterocycles. The van der Waals surface area contributed by atoms with Crippen LogP contribution in [0.3, 0.4) is 0 Å². The fourth-order valence-corrected chi connectivity index (χ4v) is 2.78. The van der Waals surface area contributed by atoms with Gasteiger partial charge in [-0.1, -0.05) is 30.3 Å². The summed E-state index contributed by atoms with van der Waals surface area (Å²) >= 11 is 0. The molecular formula is C14H20N2O. The van der Waals surface area contributed by atoms with E-state index < -0.39 is 5.54 Å². The maximum Gasteiger partial charge on any atom is 0.237 e. The van der Waals surface area contributed by atoms with Crippen molar-refractivity contribution in [3.8, 4) is 0 Å². The third-order valence-corrected chi connectivity index (χ3v) is 3.98. The maximum atomic E-state index is 11.7. The zero-order chi connectivity index (χ0) is 12.5. The third-order valence-electron chi connectivity index (χ3n) is 3.98. The first-order chi connectivity index (χ1) is 8.05. The number of carbonyl (C=O) groups is 1. The molecule has 1 amide bonds. The lowest BCUT2D eigenvalue weighted by Crippen LogP contribution is -2.52. The molecule has 1 aliphatic rings. The molecule has 1 fully saturated rings. The second kappa shape index (κ2) is 4.49. The first kappa shape index (κ1) is 12.1. The minimum atomic E-state index is -0.491. The van der Waals surface area contributed by atoms with Crippen LogP contribution in [0.4, 0.5) is 0 Å². The molecule has 2 N–H and O–H groups in total. The highest BCUT2D eigenvalue weighted by Crippen LogP contribution is 2.36. The van der Waals surface area contributed by atoms with Crippen molar-refractivity contribution in [2.75, 3.05) is 6.54 Å². The summed E-state index contributed by atoms with van der Waals surface area (Å²) in [6, 6.07) is 10.5. The number of carbonyl (C=O) groups excluding carboxylic acids is 1. The molecule has 0 unspecified atom stereocenters. The van der Waals surface area contributed by atoms with Crippen LogP contribution in [-0.4, -0.2) is 22.9 Å². The average Bonchev–Trinajstić information content (AvgIpc) is 2.73. The largest absolute Gasteiger partial charge is 0.368 e. The van der Waals surface area contributed by atoms with E-state index in [1.165, 1.54) is 5.56 Å². The Balaban J connectivity index is 2.25. The topological polar surface area (TPSA) is 46.3 Å². The molecule has 0 radical (unpaired) electrons. The number of nitrogens with two attached hydrogens (primary N) is 1. The zero-order valence-electron chi connectivity index (χ0n) is 10.5.